The summed E-state index contributed by atoms with van der Waals surface area (Å²) in [6, 6.07) is 7.79. The minimum absolute atomic E-state index is 0.247. The second-order valence-electron chi connectivity index (χ2n) is 6.46. The predicted octanol–water partition coefficient (Wildman–Crippen LogP) is 2.56. The first-order valence-electron chi connectivity index (χ1n) is 7.70. The Morgan fingerprint density at radius 2 is 2.05 bits per heavy atom. The zero-order valence-corrected chi connectivity index (χ0v) is 13.1. The second kappa shape index (κ2) is 6.94. The minimum atomic E-state index is 0.247. The van der Waals surface area contributed by atoms with Gasteiger partial charge in [-0.3, -0.25) is 4.79 Å². The van der Waals surface area contributed by atoms with Gasteiger partial charge in [-0.2, -0.15) is 0 Å². The van der Waals surface area contributed by atoms with Crippen LogP contribution in [-0.2, 0) is 11.3 Å². The molecular formula is C17H26N2O2. The summed E-state index contributed by atoms with van der Waals surface area (Å²) in [4.78, 5) is 14.0. The van der Waals surface area contributed by atoms with Gasteiger partial charge in [-0.25, -0.2) is 0 Å². The van der Waals surface area contributed by atoms with Gasteiger partial charge in [0.25, 0.3) is 0 Å². The van der Waals surface area contributed by atoms with Gasteiger partial charge in [-0.05, 0) is 24.3 Å². The number of nitrogens with two attached hydrogens (primary N) is 1. The molecule has 1 aromatic rings. The largest absolute Gasteiger partial charge is 0.491 e. The Morgan fingerprint density at radius 1 is 1.29 bits per heavy atom. The number of hydrogen-bond acceptors (Lipinski definition) is 3. The number of carbonyl (C=O) groups excluding carboxylic acids is 1. The van der Waals surface area contributed by atoms with E-state index in [-0.39, 0.29) is 11.3 Å². The van der Waals surface area contributed by atoms with Crippen molar-refractivity contribution in [2.45, 2.75) is 39.7 Å². The SMILES string of the molecule is CC1(C)CCC(=O)N(CCOc2ccccc2CN)CC1. The van der Waals surface area contributed by atoms with Crippen LogP contribution in [0.3, 0.4) is 0 Å². The molecule has 21 heavy (non-hydrogen) atoms. The molecule has 4 heteroatoms. The molecule has 0 atom stereocenters. The molecule has 0 spiro atoms. The predicted molar refractivity (Wildman–Crippen MR) is 84.0 cm³/mol. The summed E-state index contributed by atoms with van der Waals surface area (Å²) in [7, 11) is 0. The monoisotopic (exact) mass is 290 g/mol. The number of nitrogens with zero attached hydrogens (tertiary/aromatic N) is 1. The van der Waals surface area contributed by atoms with E-state index in [2.05, 4.69) is 13.8 Å². The highest BCUT2D eigenvalue weighted by molar-refractivity contribution is 5.76. The molecule has 0 aliphatic carbocycles. The molecule has 2 N–H and O–H groups in total. The van der Waals surface area contributed by atoms with Crippen LogP contribution in [0.15, 0.2) is 24.3 Å². The third-order valence-electron chi connectivity index (χ3n) is 4.24. The number of ether oxygens (including phenoxy) is 1. The summed E-state index contributed by atoms with van der Waals surface area (Å²) in [6.07, 6.45) is 2.67. The minimum Gasteiger partial charge on any atom is -0.491 e. The van der Waals surface area contributed by atoms with Crippen molar-refractivity contribution in [2.75, 3.05) is 19.7 Å². The lowest BCUT2D eigenvalue weighted by Gasteiger charge is -2.23. The number of para-hydroxylation sites is 1. The first kappa shape index (κ1) is 15.8. The van der Waals surface area contributed by atoms with Gasteiger partial charge in [0.1, 0.15) is 12.4 Å². The van der Waals surface area contributed by atoms with Gasteiger partial charge in [0.05, 0.1) is 6.54 Å². The van der Waals surface area contributed by atoms with Gasteiger partial charge in [0, 0.05) is 25.1 Å². The topological polar surface area (TPSA) is 55.6 Å². The normalized spacial score (nSPS) is 18.4. The van der Waals surface area contributed by atoms with Crippen molar-refractivity contribution >= 4 is 5.91 Å². The van der Waals surface area contributed by atoms with E-state index in [1.165, 1.54) is 0 Å². The van der Waals surface area contributed by atoms with Gasteiger partial charge >= 0.3 is 0 Å². The number of carbonyl (C=O) groups is 1. The molecule has 1 saturated heterocycles. The second-order valence-corrected chi connectivity index (χ2v) is 6.46. The highest BCUT2D eigenvalue weighted by Crippen LogP contribution is 2.30. The number of likely N-dealkylation sites (tertiary alicyclic amines) is 1. The average molecular weight is 290 g/mol. The molecule has 0 bridgehead atoms. The van der Waals surface area contributed by atoms with Crippen LogP contribution in [0.4, 0.5) is 0 Å². The lowest BCUT2D eigenvalue weighted by atomic mass is 9.85. The molecule has 1 amide bonds. The molecule has 1 aliphatic heterocycles. The van der Waals surface area contributed by atoms with E-state index < -0.39 is 0 Å². The van der Waals surface area contributed by atoms with Crippen molar-refractivity contribution in [3.63, 3.8) is 0 Å². The van der Waals surface area contributed by atoms with Gasteiger partial charge in [-0.1, -0.05) is 32.0 Å². The summed E-state index contributed by atoms with van der Waals surface area (Å²) in [5.41, 5.74) is 6.96. The van der Waals surface area contributed by atoms with Gasteiger partial charge in [0.15, 0.2) is 0 Å². The molecule has 116 valence electrons. The third kappa shape index (κ3) is 4.46. The standard InChI is InChI=1S/C17H26N2O2/c1-17(2)8-7-16(20)19(10-9-17)11-12-21-15-6-4-3-5-14(15)13-18/h3-6H,7-13,18H2,1-2H3. The van der Waals surface area contributed by atoms with E-state index in [1.807, 2.05) is 29.2 Å². The Balaban J connectivity index is 1.86. The van der Waals surface area contributed by atoms with Crippen molar-refractivity contribution in [2.24, 2.45) is 11.1 Å². The first-order valence-corrected chi connectivity index (χ1v) is 7.70. The van der Waals surface area contributed by atoms with Gasteiger partial charge < -0.3 is 15.4 Å². The zero-order chi connectivity index (χ0) is 15.3. The fourth-order valence-corrected chi connectivity index (χ4v) is 2.61. The molecule has 1 aromatic carbocycles. The molecule has 0 radical (unpaired) electrons. The molecule has 4 nitrogen and oxygen atoms in total. The fourth-order valence-electron chi connectivity index (χ4n) is 2.61. The molecule has 0 unspecified atom stereocenters. The van der Waals surface area contributed by atoms with Crippen LogP contribution < -0.4 is 10.5 Å². The highest BCUT2D eigenvalue weighted by atomic mass is 16.5. The van der Waals surface area contributed by atoms with E-state index >= 15 is 0 Å². The van der Waals surface area contributed by atoms with Crippen molar-refractivity contribution in [3.05, 3.63) is 29.8 Å². The Kier molecular flexibility index (Phi) is 5.23. The highest BCUT2D eigenvalue weighted by Gasteiger charge is 2.27. The summed E-state index contributed by atoms with van der Waals surface area (Å²) in [5, 5.41) is 0. The average Bonchev–Trinajstić information content (AvgIpc) is 2.60. The van der Waals surface area contributed by atoms with E-state index in [0.29, 0.717) is 26.1 Å². The van der Waals surface area contributed by atoms with Gasteiger partial charge in [-0.15, -0.1) is 0 Å². The molecule has 2 rings (SSSR count). The van der Waals surface area contributed by atoms with E-state index in [4.69, 9.17) is 10.5 Å². The molecule has 1 heterocycles. The Bertz CT molecular complexity index is 485. The van der Waals surface area contributed by atoms with Crippen LogP contribution in [0.25, 0.3) is 0 Å². The molecule has 0 saturated carbocycles. The molecular weight excluding hydrogens is 264 g/mol. The quantitative estimate of drug-likeness (QED) is 0.906. The lowest BCUT2D eigenvalue weighted by Crippen LogP contribution is -2.34. The van der Waals surface area contributed by atoms with Crippen molar-refractivity contribution in [1.82, 2.24) is 4.90 Å². The summed E-state index contributed by atoms with van der Waals surface area (Å²) in [5.74, 6) is 1.07. The summed E-state index contributed by atoms with van der Waals surface area (Å²) < 4.78 is 5.80. The van der Waals surface area contributed by atoms with Crippen molar-refractivity contribution in [3.8, 4) is 5.75 Å². The van der Waals surface area contributed by atoms with E-state index in [1.54, 1.807) is 0 Å². The van der Waals surface area contributed by atoms with Crippen molar-refractivity contribution < 1.29 is 9.53 Å². The Morgan fingerprint density at radius 3 is 2.81 bits per heavy atom. The number of rotatable bonds is 5. The Labute approximate surface area is 127 Å². The third-order valence-corrected chi connectivity index (χ3v) is 4.24. The fraction of sp³-hybridized carbons (Fsp3) is 0.588. The zero-order valence-electron chi connectivity index (χ0n) is 13.1. The van der Waals surface area contributed by atoms with Crippen LogP contribution in [-0.4, -0.2) is 30.5 Å². The van der Waals surface area contributed by atoms with Crippen molar-refractivity contribution in [1.29, 1.82) is 0 Å². The maximum Gasteiger partial charge on any atom is 0.222 e. The summed E-state index contributed by atoms with van der Waals surface area (Å²) in [6.45, 7) is 6.92. The molecule has 1 fully saturated rings. The maximum atomic E-state index is 12.1. The van der Waals surface area contributed by atoms with E-state index in [0.717, 1.165) is 30.7 Å². The van der Waals surface area contributed by atoms with Crippen LogP contribution in [0.2, 0.25) is 0 Å². The number of hydrogen-bond donors (Lipinski definition) is 1. The summed E-state index contributed by atoms with van der Waals surface area (Å²) >= 11 is 0. The van der Waals surface area contributed by atoms with Crippen LogP contribution in [0, 0.1) is 5.41 Å². The first-order chi connectivity index (χ1) is 10.0. The Hall–Kier alpha value is -1.55. The number of amides is 1. The van der Waals surface area contributed by atoms with Crippen LogP contribution in [0.5, 0.6) is 5.75 Å². The van der Waals surface area contributed by atoms with E-state index in [9.17, 15) is 4.79 Å². The maximum absolute atomic E-state index is 12.1. The number of benzene rings is 1. The molecule has 1 aliphatic rings. The van der Waals surface area contributed by atoms with Crippen LogP contribution >= 0.6 is 0 Å². The smallest absolute Gasteiger partial charge is 0.222 e. The van der Waals surface area contributed by atoms with Gasteiger partial charge in [0.2, 0.25) is 5.91 Å². The van der Waals surface area contributed by atoms with Crippen LogP contribution in [0.1, 0.15) is 38.7 Å². The molecule has 0 aromatic heterocycles. The lowest BCUT2D eigenvalue weighted by molar-refractivity contribution is -0.131.